The number of hydrogen-bond donors (Lipinski definition) is 7. The molecular weight excluding hydrogens is 955 g/mol. The molecule has 2 aromatic rings. The molecule has 0 saturated carbocycles. The Balaban J connectivity index is 1.60. The lowest BCUT2D eigenvalue weighted by Gasteiger charge is -2.35. The Labute approximate surface area is 444 Å². The number of fused-ring (bicyclic) bond motifs is 2. The normalized spacial score (nSPS) is 27.3. The molecule has 5 rings (SSSR count). The summed E-state index contributed by atoms with van der Waals surface area (Å²) in [6.45, 7) is 19.0. The maximum Gasteiger partial charge on any atom is 0.246 e. The third-order valence-corrected chi connectivity index (χ3v) is 15.0. The smallest absolute Gasteiger partial charge is 0.246 e. The highest BCUT2D eigenvalue weighted by molar-refractivity contribution is 5.99. The van der Waals surface area contributed by atoms with Crippen molar-refractivity contribution in [2.75, 3.05) is 13.1 Å². The minimum atomic E-state index is -1.24. The predicted octanol–water partition coefficient (Wildman–Crippen LogP) is 3.70. The molecular formula is C57H85N9O9. The van der Waals surface area contributed by atoms with Crippen LogP contribution in [0.4, 0.5) is 0 Å². The minimum Gasteiger partial charge on any atom is -0.343 e. The molecule has 18 heteroatoms. The highest BCUT2D eigenvalue weighted by Crippen LogP contribution is 2.27. The minimum absolute atomic E-state index is 0.0235. The largest absolute Gasteiger partial charge is 0.343 e. The Morgan fingerprint density at radius 2 is 0.787 bits per heavy atom. The number of carbonyl (C=O) groups excluding carboxylic acids is 9. The topological polar surface area (TPSA) is 244 Å². The molecule has 75 heavy (non-hydrogen) atoms. The summed E-state index contributed by atoms with van der Waals surface area (Å²) in [5, 5.41) is 20.4. The van der Waals surface area contributed by atoms with Gasteiger partial charge in [-0.25, -0.2) is 0 Å². The third kappa shape index (κ3) is 16.3. The van der Waals surface area contributed by atoms with Crippen molar-refractivity contribution in [3.63, 3.8) is 0 Å². The number of hydrogen-bond acceptors (Lipinski definition) is 9. The number of amides is 9. The maximum atomic E-state index is 14.7. The van der Waals surface area contributed by atoms with Crippen LogP contribution in [0.5, 0.6) is 0 Å². The highest BCUT2D eigenvalue weighted by Gasteiger charge is 2.45. The number of rotatable bonds is 13. The molecule has 0 aromatic heterocycles. The molecule has 0 bridgehead atoms. The van der Waals surface area contributed by atoms with Gasteiger partial charge in [-0.1, -0.05) is 143 Å². The third-order valence-electron chi connectivity index (χ3n) is 15.0. The van der Waals surface area contributed by atoms with Crippen molar-refractivity contribution in [1.29, 1.82) is 0 Å². The van der Waals surface area contributed by atoms with Crippen LogP contribution in [0, 0.1) is 29.6 Å². The first-order valence-corrected chi connectivity index (χ1v) is 27.4. The van der Waals surface area contributed by atoms with Crippen LogP contribution in [-0.2, 0) is 56.0 Å². The lowest BCUT2D eigenvalue weighted by molar-refractivity contribution is -0.148. The monoisotopic (exact) mass is 1040 g/mol. The molecule has 3 aliphatic rings. The zero-order valence-electron chi connectivity index (χ0n) is 45.9. The van der Waals surface area contributed by atoms with Gasteiger partial charge in [-0.05, 0) is 79.2 Å². The molecule has 0 aliphatic carbocycles. The van der Waals surface area contributed by atoms with Crippen molar-refractivity contribution in [3.05, 3.63) is 71.8 Å². The van der Waals surface area contributed by atoms with Crippen LogP contribution in [0.3, 0.4) is 0 Å². The Hall–Kier alpha value is -6.33. The molecule has 18 nitrogen and oxygen atoms in total. The fourth-order valence-corrected chi connectivity index (χ4v) is 10.2. The summed E-state index contributed by atoms with van der Waals surface area (Å²) in [7, 11) is 0. The van der Waals surface area contributed by atoms with Crippen molar-refractivity contribution in [2.45, 2.75) is 188 Å². The number of carbonyl (C=O) groups is 9. The van der Waals surface area contributed by atoms with E-state index in [1.807, 2.05) is 90.1 Å². The first kappa shape index (κ1) is 59.5. The molecule has 0 radical (unpaired) electrons. The lowest BCUT2D eigenvalue weighted by Crippen LogP contribution is -2.62. The first-order valence-electron chi connectivity index (χ1n) is 27.4. The van der Waals surface area contributed by atoms with E-state index in [4.69, 9.17) is 0 Å². The molecule has 3 heterocycles. The van der Waals surface area contributed by atoms with Crippen LogP contribution in [0.15, 0.2) is 60.7 Å². The van der Waals surface area contributed by atoms with Crippen molar-refractivity contribution < 1.29 is 43.2 Å². The zero-order chi connectivity index (χ0) is 55.1. The van der Waals surface area contributed by atoms with Crippen molar-refractivity contribution in [2.24, 2.45) is 29.6 Å². The number of nitrogens with one attached hydrogen (secondary N) is 7. The fraction of sp³-hybridized carbons (Fsp3) is 0.632. The van der Waals surface area contributed by atoms with E-state index in [1.165, 1.54) is 9.80 Å². The number of nitrogens with zero attached hydrogens (tertiary/aromatic N) is 2. The van der Waals surface area contributed by atoms with E-state index in [1.54, 1.807) is 39.8 Å². The quantitative estimate of drug-likeness (QED) is 0.155. The van der Waals surface area contributed by atoms with Gasteiger partial charge in [0.25, 0.3) is 0 Å². The van der Waals surface area contributed by atoms with Gasteiger partial charge in [0.1, 0.15) is 54.4 Å². The summed E-state index contributed by atoms with van der Waals surface area (Å²) in [4.78, 5) is 134. The van der Waals surface area contributed by atoms with Crippen LogP contribution in [0.1, 0.15) is 132 Å². The average Bonchev–Trinajstić information content (AvgIpc) is 4.08. The lowest BCUT2D eigenvalue weighted by atomic mass is 9.93. The van der Waals surface area contributed by atoms with E-state index in [2.05, 4.69) is 37.2 Å². The Morgan fingerprint density at radius 1 is 0.427 bits per heavy atom. The standard InChI is InChI=1S/C57H85N9O9/c1-11-36(9)47-54(72)61-41(30-34(5)6)51(69)62-46(35(7)8)57(75)66-28-20-26-45(66)56(74)65-27-19-25-44(65)53(71)60-43(32-39-23-17-14-18-24-39)50(68)59-42(31-38-21-15-13-16-22-38)49(67)58-40(29-33(3)4)52(70)63-48(37(10)12-2)55(73)64-47/h13-18,21-24,33-37,40-48H,11-12,19-20,25-32H2,1-10H3,(H,58,67)(H,59,68)(H,60,71)(H,61,72)(H,62,69)(H,63,70)(H,64,73)/t36-,37-,40-,41-,42-,43-,44-,45-,46-,47-,48-/m0/s1. The van der Waals surface area contributed by atoms with Crippen molar-refractivity contribution in [3.8, 4) is 0 Å². The van der Waals surface area contributed by atoms with Gasteiger partial charge < -0.3 is 47.0 Å². The fourth-order valence-electron chi connectivity index (χ4n) is 10.2. The molecule has 0 spiro atoms. The summed E-state index contributed by atoms with van der Waals surface area (Å²) in [5.41, 5.74) is 1.44. The van der Waals surface area contributed by atoms with Crippen LogP contribution in [0.25, 0.3) is 0 Å². The summed E-state index contributed by atoms with van der Waals surface area (Å²) < 4.78 is 0. The van der Waals surface area contributed by atoms with Gasteiger partial charge in [-0.3, -0.25) is 43.2 Å². The van der Waals surface area contributed by atoms with E-state index in [-0.39, 0.29) is 50.6 Å². The molecule has 0 unspecified atom stereocenters. The summed E-state index contributed by atoms with van der Waals surface area (Å²) in [5.74, 6) is -6.75. The van der Waals surface area contributed by atoms with Crippen LogP contribution in [0.2, 0.25) is 0 Å². The summed E-state index contributed by atoms with van der Waals surface area (Å²) in [6, 6.07) is 8.18. The average molecular weight is 1040 g/mol. The Kier molecular flexibility index (Phi) is 22.2. The van der Waals surface area contributed by atoms with Gasteiger partial charge >= 0.3 is 0 Å². The zero-order valence-corrected chi connectivity index (χ0v) is 45.9. The molecule has 3 aliphatic heterocycles. The molecule has 3 fully saturated rings. The molecule has 412 valence electrons. The first-order chi connectivity index (χ1) is 35.6. The number of benzene rings is 2. The maximum absolute atomic E-state index is 14.7. The van der Waals surface area contributed by atoms with Gasteiger partial charge in [-0.2, -0.15) is 0 Å². The van der Waals surface area contributed by atoms with E-state index in [0.717, 1.165) is 5.56 Å². The predicted molar refractivity (Wildman–Crippen MR) is 286 cm³/mol. The molecule has 2 aromatic carbocycles. The van der Waals surface area contributed by atoms with E-state index in [9.17, 15) is 43.2 Å². The van der Waals surface area contributed by atoms with Crippen LogP contribution in [-0.4, -0.2) is 130 Å². The molecule has 11 atom stereocenters. The highest BCUT2D eigenvalue weighted by atomic mass is 16.2. The molecule has 7 N–H and O–H groups in total. The van der Waals surface area contributed by atoms with Crippen molar-refractivity contribution in [1.82, 2.24) is 47.0 Å². The Bertz CT molecular complexity index is 2300. The summed E-state index contributed by atoms with van der Waals surface area (Å²) in [6.07, 6.45) is 3.02. The second kappa shape index (κ2) is 28.0. The second-order valence-electron chi connectivity index (χ2n) is 22.2. The summed E-state index contributed by atoms with van der Waals surface area (Å²) >= 11 is 0. The second-order valence-corrected chi connectivity index (χ2v) is 22.2. The van der Waals surface area contributed by atoms with Crippen LogP contribution >= 0.6 is 0 Å². The van der Waals surface area contributed by atoms with Gasteiger partial charge in [0.2, 0.25) is 53.2 Å². The Morgan fingerprint density at radius 3 is 1.23 bits per heavy atom. The van der Waals surface area contributed by atoms with Gasteiger partial charge in [0.05, 0.1) is 0 Å². The van der Waals surface area contributed by atoms with E-state index in [0.29, 0.717) is 44.1 Å². The van der Waals surface area contributed by atoms with E-state index < -0.39 is 125 Å². The van der Waals surface area contributed by atoms with Crippen molar-refractivity contribution >= 4 is 53.2 Å². The SMILES string of the molecule is CC[C@H](C)[C@@H]1NC(=O)[C@H](CC(C)C)NC(=O)[C@H](Cc2ccccc2)NC(=O)[C@H](Cc2ccccc2)NC(=O)[C@@H]2CCCN2C(=O)[C@@H]2CCCN2C(=O)[C@H](C(C)C)NC(=O)[C@H](CC(C)C)NC(=O)[C@H]([C@@H](C)CC)NC1=O. The van der Waals surface area contributed by atoms with Gasteiger partial charge in [0, 0.05) is 25.9 Å². The van der Waals surface area contributed by atoms with Gasteiger partial charge in [-0.15, -0.1) is 0 Å². The van der Waals surface area contributed by atoms with E-state index >= 15 is 0 Å². The molecule has 3 saturated heterocycles. The van der Waals surface area contributed by atoms with Crippen LogP contribution < -0.4 is 37.2 Å². The van der Waals surface area contributed by atoms with Gasteiger partial charge in [0.15, 0.2) is 0 Å². The molecule has 9 amide bonds.